The number of nitrogens with zero attached hydrogens (tertiary/aromatic N) is 4. The van der Waals surface area contributed by atoms with E-state index in [1.807, 2.05) is 27.7 Å². The van der Waals surface area contributed by atoms with E-state index in [0.717, 1.165) is 10.9 Å². The number of fused-ring (bicyclic) bond motifs is 1. The van der Waals surface area contributed by atoms with Gasteiger partial charge in [0.05, 0.1) is 17.4 Å². The summed E-state index contributed by atoms with van der Waals surface area (Å²) in [6, 6.07) is 3.42. The lowest BCUT2D eigenvalue weighted by atomic mass is 10.1. The fourth-order valence-electron chi connectivity index (χ4n) is 2.67. The maximum absolute atomic E-state index is 12.7. The Bertz CT molecular complexity index is 975. The second-order valence-corrected chi connectivity index (χ2v) is 6.99. The summed E-state index contributed by atoms with van der Waals surface area (Å²) in [5.41, 5.74) is 7.66. The van der Waals surface area contributed by atoms with Crippen molar-refractivity contribution in [3.8, 4) is 11.3 Å². The molecular formula is C17H18ClN5O2. The minimum atomic E-state index is -0.626. The first-order chi connectivity index (χ1) is 11.7. The third kappa shape index (κ3) is 3.28. The average Bonchev–Trinajstić information content (AvgIpc) is 2.76. The number of hydrogen-bond donors (Lipinski definition) is 1. The van der Waals surface area contributed by atoms with Gasteiger partial charge in [0.25, 0.3) is 0 Å². The van der Waals surface area contributed by atoms with Crippen molar-refractivity contribution in [1.82, 2.24) is 19.5 Å². The number of aromatic nitrogens is 4. The molecule has 0 aliphatic carbocycles. The van der Waals surface area contributed by atoms with E-state index in [-0.39, 0.29) is 5.95 Å². The molecule has 0 saturated carbocycles. The lowest BCUT2D eigenvalue weighted by Crippen LogP contribution is -2.27. The summed E-state index contributed by atoms with van der Waals surface area (Å²) in [5.74, 6) is 0.148. The van der Waals surface area contributed by atoms with Crippen LogP contribution in [0.3, 0.4) is 0 Å². The predicted octanol–water partition coefficient (Wildman–Crippen LogP) is 3.82. The molecule has 0 spiro atoms. The van der Waals surface area contributed by atoms with Gasteiger partial charge in [-0.3, -0.25) is 0 Å². The van der Waals surface area contributed by atoms with E-state index in [1.54, 1.807) is 24.5 Å². The highest BCUT2D eigenvalue weighted by Gasteiger charge is 2.25. The summed E-state index contributed by atoms with van der Waals surface area (Å²) < 4.78 is 6.99. The summed E-state index contributed by atoms with van der Waals surface area (Å²) in [7, 11) is 0. The van der Waals surface area contributed by atoms with Crippen LogP contribution in [0, 0.1) is 6.92 Å². The normalized spacial score (nSPS) is 11.7. The van der Waals surface area contributed by atoms with Crippen LogP contribution in [0.5, 0.6) is 0 Å². The maximum atomic E-state index is 12.7. The molecule has 0 aliphatic heterocycles. The number of carbonyl (C=O) groups is 1. The molecule has 0 radical (unpaired) electrons. The summed E-state index contributed by atoms with van der Waals surface area (Å²) in [5, 5.41) is 1.05. The van der Waals surface area contributed by atoms with Crippen LogP contribution in [0.25, 0.3) is 22.2 Å². The van der Waals surface area contributed by atoms with Gasteiger partial charge in [0.15, 0.2) is 0 Å². The van der Waals surface area contributed by atoms with Crippen LogP contribution < -0.4 is 5.73 Å². The van der Waals surface area contributed by atoms with Crippen molar-refractivity contribution in [2.45, 2.75) is 33.3 Å². The minimum Gasteiger partial charge on any atom is -0.443 e. The Morgan fingerprint density at radius 1 is 1.32 bits per heavy atom. The average molecular weight is 360 g/mol. The standard InChI is InChI=1S/C17H18ClN5O2/c1-9-14(11-5-6-20-15(19)22-11)10-7-13(18)21-8-12(10)23(9)16(24)25-17(2,3)4/h5-8H,1-4H3,(H2,19,20,22). The third-order valence-electron chi connectivity index (χ3n) is 3.56. The van der Waals surface area contributed by atoms with Crippen LogP contribution in [0.4, 0.5) is 10.7 Å². The monoisotopic (exact) mass is 359 g/mol. The van der Waals surface area contributed by atoms with Gasteiger partial charge in [-0.15, -0.1) is 0 Å². The van der Waals surface area contributed by atoms with Crippen molar-refractivity contribution >= 4 is 34.5 Å². The van der Waals surface area contributed by atoms with Gasteiger partial charge in [0, 0.05) is 22.8 Å². The molecule has 0 aromatic carbocycles. The second kappa shape index (κ2) is 6.00. The van der Waals surface area contributed by atoms with Crippen LogP contribution in [0.1, 0.15) is 26.5 Å². The van der Waals surface area contributed by atoms with Crippen molar-refractivity contribution in [3.63, 3.8) is 0 Å². The zero-order valence-electron chi connectivity index (χ0n) is 14.4. The van der Waals surface area contributed by atoms with E-state index in [4.69, 9.17) is 22.1 Å². The van der Waals surface area contributed by atoms with Gasteiger partial charge < -0.3 is 10.5 Å². The molecule has 25 heavy (non-hydrogen) atoms. The smallest absolute Gasteiger partial charge is 0.419 e. The number of hydrogen-bond acceptors (Lipinski definition) is 6. The molecule has 0 saturated heterocycles. The lowest BCUT2D eigenvalue weighted by Gasteiger charge is -2.20. The second-order valence-electron chi connectivity index (χ2n) is 6.60. The first kappa shape index (κ1) is 17.2. The van der Waals surface area contributed by atoms with Gasteiger partial charge in [0.2, 0.25) is 5.95 Å². The van der Waals surface area contributed by atoms with Crippen molar-refractivity contribution in [3.05, 3.63) is 35.4 Å². The Kier molecular flexibility index (Phi) is 4.12. The molecule has 0 bridgehead atoms. The first-order valence-electron chi connectivity index (χ1n) is 7.66. The Hall–Kier alpha value is -2.67. The highest BCUT2D eigenvalue weighted by Crippen LogP contribution is 2.35. The zero-order valence-corrected chi connectivity index (χ0v) is 15.1. The number of carbonyl (C=O) groups excluding carboxylic acids is 1. The van der Waals surface area contributed by atoms with Gasteiger partial charge in [-0.05, 0) is 39.8 Å². The van der Waals surface area contributed by atoms with Crippen LogP contribution in [0.15, 0.2) is 24.5 Å². The molecule has 0 fully saturated rings. The number of anilines is 1. The summed E-state index contributed by atoms with van der Waals surface area (Å²) in [4.78, 5) is 25.0. The lowest BCUT2D eigenvalue weighted by molar-refractivity contribution is 0.0542. The number of nitrogen functional groups attached to an aromatic ring is 1. The molecule has 130 valence electrons. The Morgan fingerprint density at radius 2 is 2.04 bits per heavy atom. The molecule has 2 N–H and O–H groups in total. The Morgan fingerprint density at radius 3 is 2.68 bits per heavy atom. The van der Waals surface area contributed by atoms with Gasteiger partial charge in [0.1, 0.15) is 10.8 Å². The predicted molar refractivity (Wildman–Crippen MR) is 96.6 cm³/mol. The van der Waals surface area contributed by atoms with Gasteiger partial charge in [-0.25, -0.2) is 24.3 Å². The SMILES string of the molecule is Cc1c(-c2ccnc(N)n2)c2cc(Cl)ncc2n1C(=O)OC(C)(C)C. The van der Waals surface area contributed by atoms with Crippen LogP contribution in [-0.2, 0) is 4.74 Å². The zero-order chi connectivity index (χ0) is 18.4. The van der Waals surface area contributed by atoms with E-state index in [2.05, 4.69) is 15.0 Å². The van der Waals surface area contributed by atoms with Gasteiger partial charge in [-0.1, -0.05) is 11.6 Å². The van der Waals surface area contributed by atoms with Crippen LogP contribution in [0.2, 0.25) is 5.15 Å². The number of pyridine rings is 1. The summed E-state index contributed by atoms with van der Waals surface area (Å²) in [6.07, 6.45) is 2.62. The van der Waals surface area contributed by atoms with Crippen LogP contribution >= 0.6 is 11.6 Å². The molecule has 0 amide bonds. The van der Waals surface area contributed by atoms with E-state index >= 15 is 0 Å². The van der Waals surface area contributed by atoms with Gasteiger partial charge >= 0.3 is 6.09 Å². The fourth-order valence-corrected chi connectivity index (χ4v) is 2.83. The highest BCUT2D eigenvalue weighted by atomic mass is 35.5. The highest BCUT2D eigenvalue weighted by molar-refractivity contribution is 6.30. The molecule has 0 aliphatic rings. The number of halogens is 1. The quantitative estimate of drug-likeness (QED) is 0.663. The molecule has 0 atom stereocenters. The van der Waals surface area contributed by atoms with Crippen molar-refractivity contribution in [2.24, 2.45) is 0 Å². The van der Waals surface area contributed by atoms with E-state index < -0.39 is 11.7 Å². The van der Waals surface area contributed by atoms with Gasteiger partial charge in [-0.2, -0.15) is 0 Å². The first-order valence-corrected chi connectivity index (χ1v) is 8.04. The maximum Gasteiger partial charge on any atom is 0.419 e. The number of nitrogens with two attached hydrogens (primary N) is 1. The van der Waals surface area contributed by atoms with Crippen LogP contribution in [-0.4, -0.2) is 31.2 Å². The minimum absolute atomic E-state index is 0.148. The Labute approximate surface area is 149 Å². The van der Waals surface area contributed by atoms with Crippen molar-refractivity contribution < 1.29 is 9.53 Å². The summed E-state index contributed by atoms with van der Waals surface area (Å²) in [6.45, 7) is 7.25. The topological polar surface area (TPSA) is 95.9 Å². The van der Waals surface area contributed by atoms with E-state index in [0.29, 0.717) is 22.1 Å². The molecule has 7 nitrogen and oxygen atoms in total. The van der Waals surface area contributed by atoms with Crippen molar-refractivity contribution in [1.29, 1.82) is 0 Å². The molecule has 3 heterocycles. The largest absolute Gasteiger partial charge is 0.443 e. The molecule has 3 rings (SSSR count). The third-order valence-corrected chi connectivity index (χ3v) is 3.77. The number of ether oxygens (including phenoxy) is 1. The summed E-state index contributed by atoms with van der Waals surface area (Å²) >= 11 is 6.06. The molecule has 0 unspecified atom stereocenters. The fraction of sp³-hybridized carbons (Fsp3) is 0.294. The number of rotatable bonds is 1. The van der Waals surface area contributed by atoms with E-state index in [1.165, 1.54) is 4.57 Å². The van der Waals surface area contributed by atoms with E-state index in [9.17, 15) is 4.79 Å². The van der Waals surface area contributed by atoms with Crippen molar-refractivity contribution in [2.75, 3.05) is 5.73 Å². The molecule has 3 aromatic rings. The molecular weight excluding hydrogens is 342 g/mol. The Balaban J connectivity index is 2.29. The molecule has 8 heteroatoms. The molecule has 3 aromatic heterocycles.